The third-order valence-corrected chi connectivity index (χ3v) is 3.43. The Labute approximate surface area is 146 Å². The molecule has 1 aromatic carbocycles. The van der Waals surface area contributed by atoms with Crippen LogP contribution in [0.15, 0.2) is 61.1 Å². The van der Waals surface area contributed by atoms with E-state index in [1.54, 1.807) is 35.4 Å². The van der Waals surface area contributed by atoms with Gasteiger partial charge in [0, 0.05) is 24.7 Å². The van der Waals surface area contributed by atoms with Gasteiger partial charge in [0.2, 0.25) is 0 Å². The topological polar surface area (TPSA) is 71.8 Å². The van der Waals surface area contributed by atoms with Gasteiger partial charge in [-0.15, -0.1) is 0 Å². The molecule has 26 heavy (non-hydrogen) atoms. The molecule has 2 aromatic heterocycles. The van der Waals surface area contributed by atoms with Crippen LogP contribution >= 0.6 is 0 Å². The van der Waals surface area contributed by atoms with Crippen LogP contribution in [-0.4, -0.2) is 20.8 Å². The molecule has 2 N–H and O–H groups in total. The highest BCUT2D eigenvalue weighted by Crippen LogP contribution is 2.34. The second-order valence-electron chi connectivity index (χ2n) is 5.38. The Kier molecular flexibility index (Phi) is 4.87. The first kappa shape index (κ1) is 17.5. The zero-order valence-electron chi connectivity index (χ0n) is 13.4. The highest BCUT2D eigenvalue weighted by Gasteiger charge is 2.33. The summed E-state index contributed by atoms with van der Waals surface area (Å²) in [5.41, 5.74) is -0.324. The van der Waals surface area contributed by atoms with Gasteiger partial charge >= 0.3 is 12.2 Å². The van der Waals surface area contributed by atoms with Crippen molar-refractivity contribution in [3.8, 4) is 0 Å². The third-order valence-electron chi connectivity index (χ3n) is 3.43. The van der Waals surface area contributed by atoms with E-state index in [-0.39, 0.29) is 11.5 Å². The zero-order chi connectivity index (χ0) is 18.6. The monoisotopic (exact) mass is 361 g/mol. The van der Waals surface area contributed by atoms with Gasteiger partial charge in [0.25, 0.3) is 0 Å². The van der Waals surface area contributed by atoms with Crippen LogP contribution in [-0.2, 0) is 12.7 Å². The number of halogens is 3. The number of urea groups is 1. The molecule has 3 rings (SSSR count). The molecule has 2 amide bonds. The standard InChI is InChI=1S/C17H14F3N5O/c18-17(19,20)13-5-1-2-6-14(13)22-16(26)23-15-7-9-25(24-15)11-12-4-3-8-21-10-12/h1-10H,11H2,(H2,22,23,24,26). The molecule has 3 aromatic rings. The zero-order valence-corrected chi connectivity index (χ0v) is 13.4. The summed E-state index contributed by atoms with van der Waals surface area (Å²) in [6.45, 7) is 0.452. The number of rotatable bonds is 4. The van der Waals surface area contributed by atoms with E-state index in [1.165, 1.54) is 18.2 Å². The summed E-state index contributed by atoms with van der Waals surface area (Å²) >= 11 is 0. The van der Waals surface area contributed by atoms with Gasteiger partial charge in [-0.1, -0.05) is 18.2 Å². The Bertz CT molecular complexity index is 893. The number of nitrogens with one attached hydrogen (secondary N) is 2. The lowest BCUT2D eigenvalue weighted by molar-refractivity contribution is -0.136. The first-order valence-electron chi connectivity index (χ1n) is 7.58. The van der Waals surface area contributed by atoms with Crippen molar-refractivity contribution in [2.45, 2.75) is 12.7 Å². The normalized spacial score (nSPS) is 11.2. The molecule has 0 bridgehead atoms. The number of hydrogen-bond acceptors (Lipinski definition) is 3. The van der Waals surface area contributed by atoms with Crippen LogP contribution in [0, 0.1) is 0 Å². The van der Waals surface area contributed by atoms with Crippen LogP contribution in [0.1, 0.15) is 11.1 Å². The first-order valence-corrected chi connectivity index (χ1v) is 7.58. The van der Waals surface area contributed by atoms with Crippen LogP contribution in [0.2, 0.25) is 0 Å². The summed E-state index contributed by atoms with van der Waals surface area (Å²) in [7, 11) is 0. The fourth-order valence-electron chi connectivity index (χ4n) is 2.30. The first-order chi connectivity index (χ1) is 12.4. The van der Waals surface area contributed by atoms with Gasteiger partial charge in [-0.25, -0.2) is 4.79 Å². The molecular weight excluding hydrogens is 347 g/mol. The fraction of sp³-hybridized carbons (Fsp3) is 0.118. The average Bonchev–Trinajstić information content (AvgIpc) is 3.02. The van der Waals surface area contributed by atoms with E-state index in [9.17, 15) is 18.0 Å². The maximum atomic E-state index is 12.9. The van der Waals surface area contributed by atoms with Crippen molar-refractivity contribution in [3.05, 3.63) is 72.2 Å². The van der Waals surface area contributed by atoms with Crippen molar-refractivity contribution in [1.82, 2.24) is 14.8 Å². The van der Waals surface area contributed by atoms with Crippen LogP contribution in [0.5, 0.6) is 0 Å². The molecule has 6 nitrogen and oxygen atoms in total. The Hall–Kier alpha value is -3.36. The molecule has 0 saturated carbocycles. The Balaban J connectivity index is 1.65. The van der Waals surface area contributed by atoms with Gasteiger partial charge < -0.3 is 5.32 Å². The van der Waals surface area contributed by atoms with Crippen LogP contribution in [0.25, 0.3) is 0 Å². The van der Waals surface area contributed by atoms with Crippen molar-refractivity contribution < 1.29 is 18.0 Å². The van der Waals surface area contributed by atoms with E-state index < -0.39 is 17.8 Å². The molecular formula is C17H14F3N5O. The number of hydrogen-bond donors (Lipinski definition) is 2. The number of anilines is 2. The van der Waals surface area contributed by atoms with Crippen LogP contribution in [0.3, 0.4) is 0 Å². The molecule has 0 saturated heterocycles. The number of benzene rings is 1. The van der Waals surface area contributed by atoms with Crippen molar-refractivity contribution in [3.63, 3.8) is 0 Å². The van der Waals surface area contributed by atoms with Gasteiger partial charge in [0.05, 0.1) is 17.8 Å². The number of amides is 2. The van der Waals surface area contributed by atoms with E-state index in [0.717, 1.165) is 11.6 Å². The van der Waals surface area contributed by atoms with Gasteiger partial charge in [-0.05, 0) is 23.8 Å². The predicted octanol–water partition coefficient (Wildman–Crippen LogP) is 3.99. The van der Waals surface area contributed by atoms with Gasteiger partial charge in [-0.2, -0.15) is 18.3 Å². The lowest BCUT2D eigenvalue weighted by Crippen LogP contribution is -2.22. The maximum Gasteiger partial charge on any atom is 0.418 e. The van der Waals surface area contributed by atoms with E-state index in [2.05, 4.69) is 20.7 Å². The quantitative estimate of drug-likeness (QED) is 0.738. The summed E-state index contributed by atoms with van der Waals surface area (Å²) < 4.78 is 40.4. The highest BCUT2D eigenvalue weighted by molar-refractivity contribution is 5.99. The number of carbonyl (C=O) groups is 1. The number of para-hydroxylation sites is 1. The molecule has 0 aliphatic carbocycles. The lowest BCUT2D eigenvalue weighted by Gasteiger charge is -2.13. The maximum absolute atomic E-state index is 12.9. The smallest absolute Gasteiger partial charge is 0.307 e. The molecule has 0 aliphatic heterocycles. The van der Waals surface area contributed by atoms with Gasteiger partial charge in [-0.3, -0.25) is 15.0 Å². The molecule has 0 fully saturated rings. The van der Waals surface area contributed by atoms with Crippen molar-refractivity contribution >= 4 is 17.5 Å². The van der Waals surface area contributed by atoms with Crippen molar-refractivity contribution in [2.75, 3.05) is 10.6 Å². The van der Waals surface area contributed by atoms with Crippen LogP contribution in [0.4, 0.5) is 29.5 Å². The third kappa shape index (κ3) is 4.38. The second kappa shape index (κ2) is 7.26. The number of carbonyl (C=O) groups excluding carboxylic acids is 1. The van der Waals surface area contributed by atoms with Gasteiger partial charge in [0.1, 0.15) is 0 Å². The highest BCUT2D eigenvalue weighted by atomic mass is 19.4. The van der Waals surface area contributed by atoms with E-state index in [4.69, 9.17) is 0 Å². The number of nitrogens with zero attached hydrogens (tertiary/aromatic N) is 3. The van der Waals surface area contributed by atoms with Crippen molar-refractivity contribution in [1.29, 1.82) is 0 Å². The predicted molar refractivity (Wildman–Crippen MR) is 89.7 cm³/mol. The minimum Gasteiger partial charge on any atom is -0.307 e. The molecule has 134 valence electrons. The Morgan fingerprint density at radius 1 is 1.08 bits per heavy atom. The fourth-order valence-corrected chi connectivity index (χ4v) is 2.30. The Morgan fingerprint density at radius 3 is 2.62 bits per heavy atom. The minimum atomic E-state index is -4.56. The minimum absolute atomic E-state index is 0.218. The largest absolute Gasteiger partial charge is 0.418 e. The van der Waals surface area contributed by atoms with Gasteiger partial charge in [0.15, 0.2) is 5.82 Å². The molecule has 9 heteroatoms. The SMILES string of the molecule is O=C(Nc1ccn(Cc2cccnc2)n1)Nc1ccccc1C(F)(F)F. The van der Waals surface area contributed by atoms with E-state index in [0.29, 0.717) is 6.54 Å². The summed E-state index contributed by atoms with van der Waals surface area (Å²) in [5, 5.41) is 8.76. The molecule has 0 radical (unpaired) electrons. The molecule has 0 spiro atoms. The summed E-state index contributed by atoms with van der Waals surface area (Å²) in [6, 6.07) is 9.16. The summed E-state index contributed by atoms with van der Waals surface area (Å²) in [6.07, 6.45) is 0.430. The van der Waals surface area contributed by atoms with Crippen molar-refractivity contribution in [2.24, 2.45) is 0 Å². The van der Waals surface area contributed by atoms with Crippen LogP contribution < -0.4 is 10.6 Å². The second-order valence-corrected chi connectivity index (χ2v) is 5.38. The average molecular weight is 361 g/mol. The number of pyridine rings is 1. The lowest BCUT2D eigenvalue weighted by atomic mass is 10.1. The number of alkyl halides is 3. The molecule has 0 aliphatic rings. The summed E-state index contributed by atoms with van der Waals surface area (Å²) in [5.74, 6) is 0.218. The Morgan fingerprint density at radius 2 is 1.88 bits per heavy atom. The number of aromatic nitrogens is 3. The molecule has 0 atom stereocenters. The molecule has 0 unspecified atom stereocenters. The van der Waals surface area contributed by atoms with E-state index in [1.807, 2.05) is 6.07 Å². The van der Waals surface area contributed by atoms with E-state index >= 15 is 0 Å². The summed E-state index contributed by atoms with van der Waals surface area (Å²) in [4.78, 5) is 16.0. The molecule has 2 heterocycles.